The molecule has 2 aliphatic heterocycles. The zero-order chi connectivity index (χ0) is 16.4. The van der Waals surface area contributed by atoms with Crippen LogP contribution in [0.25, 0.3) is 0 Å². The highest BCUT2D eigenvalue weighted by molar-refractivity contribution is 7.89. The fourth-order valence-corrected chi connectivity index (χ4v) is 5.08. The summed E-state index contributed by atoms with van der Waals surface area (Å²) in [5.41, 5.74) is 0. The molecule has 2 fully saturated rings. The Morgan fingerprint density at radius 1 is 1.09 bits per heavy atom. The first-order valence-electron chi connectivity index (χ1n) is 8.03. The average molecular weight is 359 g/mol. The quantitative estimate of drug-likeness (QED) is 0.828. The first-order valence-corrected chi connectivity index (χ1v) is 9.85. The van der Waals surface area contributed by atoms with Gasteiger partial charge in [0.2, 0.25) is 10.0 Å². The Morgan fingerprint density at radius 3 is 2.30 bits per heavy atom. The molecule has 2 saturated heterocycles. The van der Waals surface area contributed by atoms with E-state index in [-0.39, 0.29) is 0 Å². The lowest BCUT2D eigenvalue weighted by Crippen LogP contribution is -2.46. The van der Waals surface area contributed by atoms with Crippen molar-refractivity contribution in [1.82, 2.24) is 9.21 Å². The molecule has 0 amide bonds. The van der Waals surface area contributed by atoms with Gasteiger partial charge < -0.3 is 4.74 Å². The van der Waals surface area contributed by atoms with Gasteiger partial charge in [-0.25, -0.2) is 8.42 Å². The molecule has 0 saturated carbocycles. The van der Waals surface area contributed by atoms with Gasteiger partial charge in [0.1, 0.15) is 0 Å². The molecule has 7 heteroatoms. The molecule has 1 unspecified atom stereocenters. The number of likely N-dealkylation sites (tertiary alicyclic amines) is 1. The van der Waals surface area contributed by atoms with Crippen molar-refractivity contribution >= 4 is 21.6 Å². The Kier molecular flexibility index (Phi) is 5.28. The maximum absolute atomic E-state index is 12.7. The molecule has 128 valence electrons. The molecule has 23 heavy (non-hydrogen) atoms. The Bertz CT molecular complexity index is 627. The summed E-state index contributed by atoms with van der Waals surface area (Å²) < 4.78 is 32.4. The standard InChI is InChI=1S/C16H23ClN2O3S/c1-22-15-8-9-18(12-15)14-6-10-19(11-7-14)23(20,21)16-4-2-13(17)3-5-16/h2-5,14-15H,6-12H2,1H3. The summed E-state index contributed by atoms with van der Waals surface area (Å²) in [5, 5.41) is 0.546. The van der Waals surface area contributed by atoms with Crippen LogP contribution < -0.4 is 0 Å². The summed E-state index contributed by atoms with van der Waals surface area (Å²) in [6, 6.07) is 6.86. The molecule has 3 rings (SSSR count). The highest BCUT2D eigenvalue weighted by Crippen LogP contribution is 2.26. The van der Waals surface area contributed by atoms with Crippen molar-refractivity contribution < 1.29 is 13.2 Å². The van der Waals surface area contributed by atoms with E-state index < -0.39 is 10.0 Å². The van der Waals surface area contributed by atoms with Gasteiger partial charge in [0, 0.05) is 44.4 Å². The van der Waals surface area contributed by atoms with E-state index in [1.165, 1.54) is 0 Å². The van der Waals surface area contributed by atoms with Gasteiger partial charge in [0.05, 0.1) is 11.0 Å². The van der Waals surface area contributed by atoms with Gasteiger partial charge in [-0.2, -0.15) is 4.31 Å². The SMILES string of the molecule is COC1CCN(C2CCN(S(=O)(=O)c3ccc(Cl)cc3)CC2)C1. The monoisotopic (exact) mass is 358 g/mol. The number of hydrogen-bond donors (Lipinski definition) is 0. The minimum absolute atomic E-state index is 0.320. The lowest BCUT2D eigenvalue weighted by Gasteiger charge is -2.36. The van der Waals surface area contributed by atoms with E-state index in [0.29, 0.717) is 35.2 Å². The normalized spacial score (nSPS) is 25.0. The Morgan fingerprint density at radius 2 is 1.74 bits per heavy atom. The predicted octanol–water partition coefficient (Wildman–Crippen LogP) is 2.21. The van der Waals surface area contributed by atoms with E-state index in [1.54, 1.807) is 35.7 Å². The van der Waals surface area contributed by atoms with Gasteiger partial charge in [-0.15, -0.1) is 0 Å². The van der Waals surface area contributed by atoms with Crippen LogP contribution in [0.3, 0.4) is 0 Å². The summed E-state index contributed by atoms with van der Waals surface area (Å²) in [5.74, 6) is 0. The second-order valence-electron chi connectivity index (χ2n) is 6.23. The molecule has 0 bridgehead atoms. The van der Waals surface area contributed by atoms with Gasteiger partial charge in [-0.05, 0) is 43.5 Å². The third kappa shape index (κ3) is 3.72. The molecule has 5 nitrogen and oxygen atoms in total. The van der Waals surface area contributed by atoms with E-state index in [1.807, 2.05) is 0 Å². The second-order valence-corrected chi connectivity index (χ2v) is 8.60. The summed E-state index contributed by atoms with van der Waals surface area (Å²) >= 11 is 5.84. The van der Waals surface area contributed by atoms with Crippen LogP contribution in [-0.4, -0.2) is 63.1 Å². The maximum atomic E-state index is 12.7. The molecule has 0 N–H and O–H groups in total. The van der Waals surface area contributed by atoms with Crippen molar-refractivity contribution in [1.29, 1.82) is 0 Å². The Hall–Kier alpha value is -0.660. The number of rotatable bonds is 4. The van der Waals surface area contributed by atoms with Gasteiger partial charge in [0.25, 0.3) is 0 Å². The van der Waals surface area contributed by atoms with Gasteiger partial charge >= 0.3 is 0 Å². The molecule has 0 aromatic heterocycles. The number of methoxy groups -OCH3 is 1. The van der Waals surface area contributed by atoms with Gasteiger partial charge in [-0.3, -0.25) is 4.90 Å². The van der Waals surface area contributed by atoms with Crippen LogP contribution in [0, 0.1) is 0 Å². The third-order valence-electron chi connectivity index (χ3n) is 4.90. The average Bonchev–Trinajstić information content (AvgIpc) is 3.04. The van der Waals surface area contributed by atoms with Crippen molar-refractivity contribution in [2.45, 2.75) is 36.3 Å². The van der Waals surface area contributed by atoms with Crippen LogP contribution in [0.4, 0.5) is 0 Å². The highest BCUT2D eigenvalue weighted by atomic mass is 35.5. The molecule has 2 aliphatic rings. The molecule has 0 radical (unpaired) electrons. The molecular formula is C16H23ClN2O3S. The fraction of sp³-hybridized carbons (Fsp3) is 0.625. The number of nitrogens with zero attached hydrogens (tertiary/aromatic N) is 2. The van der Waals surface area contributed by atoms with Crippen molar-refractivity contribution in [3.63, 3.8) is 0 Å². The summed E-state index contributed by atoms with van der Waals surface area (Å²) in [7, 11) is -1.65. The number of hydrogen-bond acceptors (Lipinski definition) is 4. The van der Waals surface area contributed by atoms with Gasteiger partial charge in [-0.1, -0.05) is 11.6 Å². The third-order valence-corrected chi connectivity index (χ3v) is 7.07. The second kappa shape index (κ2) is 7.07. The zero-order valence-corrected chi connectivity index (χ0v) is 14.9. The summed E-state index contributed by atoms with van der Waals surface area (Å²) in [6.45, 7) is 3.16. The van der Waals surface area contributed by atoms with Gasteiger partial charge in [0.15, 0.2) is 0 Å². The highest BCUT2D eigenvalue weighted by Gasteiger charge is 2.34. The number of benzene rings is 1. The Balaban J connectivity index is 1.61. The lowest BCUT2D eigenvalue weighted by molar-refractivity contribution is 0.0925. The van der Waals surface area contributed by atoms with Crippen LogP contribution in [0.5, 0.6) is 0 Å². The number of ether oxygens (including phenoxy) is 1. The first kappa shape index (κ1) is 17.2. The minimum atomic E-state index is -3.41. The van der Waals surface area contributed by atoms with Crippen LogP contribution in [-0.2, 0) is 14.8 Å². The van der Waals surface area contributed by atoms with Crippen molar-refractivity contribution in [3.8, 4) is 0 Å². The fourth-order valence-electron chi connectivity index (χ4n) is 3.48. The van der Waals surface area contributed by atoms with Crippen LogP contribution in [0.15, 0.2) is 29.2 Å². The lowest BCUT2D eigenvalue weighted by atomic mass is 10.1. The van der Waals surface area contributed by atoms with Crippen molar-refractivity contribution in [2.75, 3.05) is 33.3 Å². The topological polar surface area (TPSA) is 49.9 Å². The largest absolute Gasteiger partial charge is 0.380 e. The number of piperidine rings is 1. The minimum Gasteiger partial charge on any atom is -0.380 e. The number of halogens is 1. The summed E-state index contributed by atoms with van der Waals surface area (Å²) in [6.07, 6.45) is 3.15. The molecule has 1 aromatic rings. The van der Waals surface area contributed by atoms with Crippen LogP contribution in [0.2, 0.25) is 5.02 Å². The van der Waals surface area contributed by atoms with E-state index in [4.69, 9.17) is 16.3 Å². The smallest absolute Gasteiger partial charge is 0.243 e. The molecule has 0 spiro atoms. The maximum Gasteiger partial charge on any atom is 0.243 e. The molecule has 1 aromatic carbocycles. The molecule has 1 atom stereocenters. The predicted molar refractivity (Wildman–Crippen MR) is 90.2 cm³/mol. The molecule has 2 heterocycles. The van der Waals surface area contributed by atoms with E-state index >= 15 is 0 Å². The zero-order valence-electron chi connectivity index (χ0n) is 13.3. The first-order chi connectivity index (χ1) is 11.0. The van der Waals surface area contributed by atoms with Crippen LogP contribution >= 0.6 is 11.6 Å². The van der Waals surface area contributed by atoms with E-state index in [9.17, 15) is 8.42 Å². The summed E-state index contributed by atoms with van der Waals surface area (Å²) in [4.78, 5) is 2.77. The Labute approximate surface area is 143 Å². The molecule has 0 aliphatic carbocycles. The molecular weight excluding hydrogens is 336 g/mol. The number of sulfonamides is 1. The van der Waals surface area contributed by atoms with E-state index in [0.717, 1.165) is 32.4 Å². The van der Waals surface area contributed by atoms with Crippen molar-refractivity contribution in [3.05, 3.63) is 29.3 Å². The van der Waals surface area contributed by atoms with Crippen molar-refractivity contribution in [2.24, 2.45) is 0 Å². The van der Waals surface area contributed by atoms with Crippen LogP contribution in [0.1, 0.15) is 19.3 Å². The van der Waals surface area contributed by atoms with E-state index in [2.05, 4.69) is 4.90 Å².